The summed E-state index contributed by atoms with van der Waals surface area (Å²) >= 11 is 9.52. The Hall–Kier alpha value is -0.840. The summed E-state index contributed by atoms with van der Waals surface area (Å²) < 4.78 is 6.17. The van der Waals surface area contributed by atoms with Gasteiger partial charge in [-0.05, 0) is 64.6 Å². The molecule has 2 aromatic rings. The number of halogens is 2. The van der Waals surface area contributed by atoms with E-state index in [1.165, 1.54) is 0 Å². The molecule has 0 aliphatic heterocycles. The summed E-state index contributed by atoms with van der Waals surface area (Å²) in [6.07, 6.45) is 7.17. The van der Waals surface area contributed by atoms with Crippen molar-refractivity contribution in [1.29, 1.82) is 0 Å². The van der Waals surface area contributed by atoms with E-state index in [-0.39, 0.29) is 6.04 Å². The zero-order valence-electron chi connectivity index (χ0n) is 10.7. The topological polar surface area (TPSA) is 38.1 Å². The molecule has 0 fully saturated rings. The molecule has 2 rings (SSSR count). The maximum Gasteiger partial charge on any atom is 0.197 e. The summed E-state index contributed by atoms with van der Waals surface area (Å²) in [6.45, 7) is 3.08. The number of rotatable bonds is 6. The number of furan rings is 1. The Balaban J connectivity index is 2.16. The molecule has 1 atom stereocenters. The second kappa shape index (κ2) is 7.08. The van der Waals surface area contributed by atoms with Crippen LogP contribution in [0.4, 0.5) is 0 Å². The van der Waals surface area contributed by atoms with Crippen LogP contribution in [-0.4, -0.2) is 11.5 Å². The zero-order chi connectivity index (χ0) is 13.7. The van der Waals surface area contributed by atoms with E-state index in [0.29, 0.717) is 5.22 Å². The van der Waals surface area contributed by atoms with Gasteiger partial charge < -0.3 is 9.73 Å². The highest BCUT2D eigenvalue weighted by molar-refractivity contribution is 9.10. The van der Waals surface area contributed by atoms with Gasteiger partial charge in [-0.15, -0.1) is 0 Å². The van der Waals surface area contributed by atoms with E-state index in [2.05, 4.69) is 39.2 Å². The lowest BCUT2D eigenvalue weighted by molar-refractivity contribution is 0.513. The molecular formula is C14H16BrClN2O. The monoisotopic (exact) mass is 342 g/mol. The predicted octanol–water partition coefficient (Wildman–Crippen LogP) is 4.37. The lowest BCUT2D eigenvalue weighted by Gasteiger charge is -2.17. The standard InChI is InChI=1S/C14H16BrClN2O/c1-2-4-18-13(12-3-5-19-14(12)16)7-10-6-11(15)9-17-8-10/h3,5-6,8-9,13,18H,2,4,7H2,1H3. The molecule has 0 radical (unpaired) electrons. The third-order valence-electron chi connectivity index (χ3n) is 2.86. The lowest BCUT2D eigenvalue weighted by atomic mass is 10.0. The number of hydrogen-bond acceptors (Lipinski definition) is 3. The van der Waals surface area contributed by atoms with Crippen molar-refractivity contribution in [2.45, 2.75) is 25.8 Å². The first-order valence-corrected chi connectivity index (χ1v) is 7.43. The number of pyridine rings is 1. The van der Waals surface area contributed by atoms with Gasteiger partial charge in [0.1, 0.15) is 0 Å². The average molecular weight is 344 g/mol. The first kappa shape index (κ1) is 14.6. The normalized spacial score (nSPS) is 12.6. The fraction of sp³-hybridized carbons (Fsp3) is 0.357. The van der Waals surface area contributed by atoms with E-state index in [4.69, 9.17) is 16.0 Å². The third kappa shape index (κ3) is 4.06. The largest absolute Gasteiger partial charge is 0.453 e. The fourth-order valence-electron chi connectivity index (χ4n) is 1.97. The van der Waals surface area contributed by atoms with E-state index in [1.807, 2.05) is 12.3 Å². The van der Waals surface area contributed by atoms with Crippen LogP contribution in [-0.2, 0) is 6.42 Å². The number of nitrogens with one attached hydrogen (secondary N) is 1. The van der Waals surface area contributed by atoms with Crippen LogP contribution in [0.3, 0.4) is 0 Å². The highest BCUT2D eigenvalue weighted by atomic mass is 79.9. The van der Waals surface area contributed by atoms with Crippen LogP contribution < -0.4 is 5.32 Å². The zero-order valence-corrected chi connectivity index (χ0v) is 13.0. The summed E-state index contributed by atoms with van der Waals surface area (Å²) in [7, 11) is 0. The van der Waals surface area contributed by atoms with Crippen LogP contribution in [0.1, 0.15) is 30.5 Å². The minimum atomic E-state index is 0.141. The minimum absolute atomic E-state index is 0.141. The highest BCUT2D eigenvalue weighted by Crippen LogP contribution is 2.27. The summed E-state index contributed by atoms with van der Waals surface area (Å²) in [5.74, 6) is 0. The van der Waals surface area contributed by atoms with E-state index in [9.17, 15) is 0 Å². The second-order valence-electron chi connectivity index (χ2n) is 4.37. The first-order chi connectivity index (χ1) is 9.20. The predicted molar refractivity (Wildman–Crippen MR) is 80.4 cm³/mol. The Morgan fingerprint density at radius 1 is 1.47 bits per heavy atom. The molecule has 0 aromatic carbocycles. The molecule has 0 bridgehead atoms. The molecule has 102 valence electrons. The van der Waals surface area contributed by atoms with Gasteiger partial charge in [-0.2, -0.15) is 0 Å². The van der Waals surface area contributed by atoms with E-state index < -0.39 is 0 Å². The summed E-state index contributed by atoms with van der Waals surface area (Å²) in [5.41, 5.74) is 2.15. The Morgan fingerprint density at radius 2 is 2.32 bits per heavy atom. The van der Waals surface area contributed by atoms with Crippen molar-refractivity contribution in [3.63, 3.8) is 0 Å². The lowest BCUT2D eigenvalue weighted by Crippen LogP contribution is -2.24. The molecule has 1 unspecified atom stereocenters. The molecule has 0 spiro atoms. The molecule has 2 aromatic heterocycles. The van der Waals surface area contributed by atoms with Crippen molar-refractivity contribution >= 4 is 27.5 Å². The van der Waals surface area contributed by atoms with Crippen LogP contribution >= 0.6 is 27.5 Å². The van der Waals surface area contributed by atoms with Gasteiger partial charge in [0.05, 0.1) is 6.26 Å². The van der Waals surface area contributed by atoms with Gasteiger partial charge >= 0.3 is 0 Å². The van der Waals surface area contributed by atoms with Crippen molar-refractivity contribution in [3.8, 4) is 0 Å². The summed E-state index contributed by atoms with van der Waals surface area (Å²) in [5, 5.41) is 3.95. The third-order valence-corrected chi connectivity index (χ3v) is 3.60. The van der Waals surface area contributed by atoms with Crippen molar-refractivity contribution in [1.82, 2.24) is 10.3 Å². The molecule has 19 heavy (non-hydrogen) atoms. The minimum Gasteiger partial charge on any atom is -0.453 e. The van der Waals surface area contributed by atoms with Crippen LogP contribution in [0.25, 0.3) is 0 Å². The van der Waals surface area contributed by atoms with Gasteiger partial charge in [0.15, 0.2) is 5.22 Å². The van der Waals surface area contributed by atoms with Crippen LogP contribution in [0.2, 0.25) is 5.22 Å². The molecule has 0 saturated carbocycles. The molecule has 1 N–H and O–H groups in total. The van der Waals surface area contributed by atoms with Gasteiger partial charge in [-0.3, -0.25) is 4.98 Å². The fourth-order valence-corrected chi connectivity index (χ4v) is 2.63. The van der Waals surface area contributed by atoms with Crippen LogP contribution in [0.5, 0.6) is 0 Å². The molecule has 0 amide bonds. The average Bonchev–Trinajstić information content (AvgIpc) is 2.81. The van der Waals surface area contributed by atoms with E-state index in [0.717, 1.165) is 35.0 Å². The molecule has 0 aliphatic rings. The highest BCUT2D eigenvalue weighted by Gasteiger charge is 2.17. The summed E-state index contributed by atoms with van der Waals surface area (Å²) in [4.78, 5) is 4.19. The van der Waals surface area contributed by atoms with Gasteiger partial charge in [-0.25, -0.2) is 0 Å². The van der Waals surface area contributed by atoms with Gasteiger partial charge in [0.2, 0.25) is 0 Å². The van der Waals surface area contributed by atoms with Crippen LogP contribution in [0, 0.1) is 0 Å². The second-order valence-corrected chi connectivity index (χ2v) is 5.63. The van der Waals surface area contributed by atoms with Gasteiger partial charge in [-0.1, -0.05) is 6.92 Å². The smallest absolute Gasteiger partial charge is 0.197 e. The number of aromatic nitrogens is 1. The van der Waals surface area contributed by atoms with Gasteiger partial charge in [0, 0.05) is 28.5 Å². The molecule has 3 nitrogen and oxygen atoms in total. The van der Waals surface area contributed by atoms with Crippen LogP contribution in [0.15, 0.2) is 39.7 Å². The number of hydrogen-bond donors (Lipinski definition) is 1. The SMILES string of the molecule is CCCNC(Cc1cncc(Br)c1)c1ccoc1Cl. The first-order valence-electron chi connectivity index (χ1n) is 6.26. The Bertz CT molecular complexity index is 530. The Morgan fingerprint density at radius 3 is 2.95 bits per heavy atom. The van der Waals surface area contributed by atoms with E-state index in [1.54, 1.807) is 12.5 Å². The quantitative estimate of drug-likeness (QED) is 0.846. The molecule has 5 heteroatoms. The number of nitrogens with zero attached hydrogens (tertiary/aromatic N) is 1. The molecule has 0 saturated heterocycles. The summed E-state index contributed by atoms with van der Waals surface area (Å²) in [6, 6.07) is 4.13. The Kier molecular flexibility index (Phi) is 5.43. The molecule has 0 aliphatic carbocycles. The maximum absolute atomic E-state index is 6.08. The Labute approximate surface area is 126 Å². The molecule has 2 heterocycles. The van der Waals surface area contributed by atoms with Crippen molar-refractivity contribution in [3.05, 3.63) is 51.6 Å². The molecular weight excluding hydrogens is 328 g/mol. The van der Waals surface area contributed by atoms with Crippen molar-refractivity contribution < 1.29 is 4.42 Å². The van der Waals surface area contributed by atoms with Gasteiger partial charge in [0.25, 0.3) is 0 Å². The van der Waals surface area contributed by atoms with Crippen molar-refractivity contribution in [2.75, 3.05) is 6.54 Å². The van der Waals surface area contributed by atoms with Crippen molar-refractivity contribution in [2.24, 2.45) is 0 Å². The van der Waals surface area contributed by atoms with E-state index >= 15 is 0 Å². The maximum atomic E-state index is 6.08.